The first-order chi connectivity index (χ1) is 6.15. The van der Waals surface area contributed by atoms with E-state index in [4.69, 9.17) is 0 Å². The summed E-state index contributed by atoms with van der Waals surface area (Å²) < 4.78 is 0. The first-order valence-corrected chi connectivity index (χ1v) is 4.86. The maximum absolute atomic E-state index is 3.80. The van der Waals surface area contributed by atoms with E-state index in [2.05, 4.69) is 39.2 Å². The van der Waals surface area contributed by atoms with E-state index >= 15 is 0 Å². The summed E-state index contributed by atoms with van der Waals surface area (Å²) in [5, 5.41) is 3.48. The Hall–Kier alpha value is -0.820. The Kier molecular flexibility index (Phi) is 6.25. The molecular formula is C12H23N. The van der Waals surface area contributed by atoms with Crippen molar-refractivity contribution in [2.24, 2.45) is 0 Å². The van der Waals surface area contributed by atoms with Gasteiger partial charge in [0, 0.05) is 13.5 Å². The summed E-state index contributed by atoms with van der Waals surface area (Å²) in [6.07, 6.45) is 6.79. The van der Waals surface area contributed by atoms with Crippen molar-refractivity contribution in [3.05, 3.63) is 37.0 Å². The Morgan fingerprint density at radius 1 is 1.46 bits per heavy atom. The van der Waals surface area contributed by atoms with E-state index in [0.29, 0.717) is 12.1 Å². The van der Waals surface area contributed by atoms with E-state index in [-0.39, 0.29) is 1.43 Å². The van der Waals surface area contributed by atoms with Gasteiger partial charge in [-0.1, -0.05) is 52.2 Å². The van der Waals surface area contributed by atoms with Crippen LogP contribution in [0.15, 0.2) is 37.0 Å². The third-order valence-electron chi connectivity index (χ3n) is 1.89. The van der Waals surface area contributed by atoms with E-state index in [1.165, 1.54) is 5.57 Å². The molecule has 0 amide bonds. The summed E-state index contributed by atoms with van der Waals surface area (Å²) in [6, 6.07) is 0.897. The van der Waals surface area contributed by atoms with Gasteiger partial charge in [0.25, 0.3) is 0 Å². The lowest BCUT2D eigenvalue weighted by atomic mass is 10.0. The van der Waals surface area contributed by atoms with Gasteiger partial charge >= 0.3 is 0 Å². The zero-order valence-electron chi connectivity index (χ0n) is 9.01. The molecule has 0 aliphatic heterocycles. The Balaban J connectivity index is 0. The topological polar surface area (TPSA) is 12.0 Å². The molecule has 1 unspecified atom stereocenters. The van der Waals surface area contributed by atoms with Gasteiger partial charge in [-0.2, -0.15) is 0 Å². The fraction of sp³-hybridized carbons (Fsp3) is 0.500. The fourth-order valence-electron chi connectivity index (χ4n) is 1.31. The van der Waals surface area contributed by atoms with Gasteiger partial charge in [0.1, 0.15) is 0 Å². The predicted molar refractivity (Wildman–Crippen MR) is 62.9 cm³/mol. The van der Waals surface area contributed by atoms with Crippen LogP contribution in [-0.4, -0.2) is 12.1 Å². The van der Waals surface area contributed by atoms with Gasteiger partial charge in [-0.25, -0.2) is 0 Å². The lowest BCUT2D eigenvalue weighted by Crippen LogP contribution is -2.35. The van der Waals surface area contributed by atoms with Gasteiger partial charge in [-0.15, -0.1) is 0 Å². The van der Waals surface area contributed by atoms with Gasteiger partial charge in [-0.05, 0) is 12.0 Å². The zero-order valence-corrected chi connectivity index (χ0v) is 9.01. The highest BCUT2D eigenvalue weighted by atomic mass is 14.9. The molecule has 0 aromatic heterocycles. The van der Waals surface area contributed by atoms with Crippen LogP contribution in [0.3, 0.4) is 0 Å². The molecule has 0 heterocycles. The van der Waals surface area contributed by atoms with Gasteiger partial charge in [-0.3, -0.25) is 0 Å². The molecule has 0 saturated heterocycles. The highest BCUT2D eigenvalue weighted by Gasteiger charge is 2.09. The molecule has 1 atom stereocenters. The molecule has 1 heteroatoms. The third-order valence-corrected chi connectivity index (χ3v) is 1.89. The smallest absolute Gasteiger partial charge is 0.0319 e. The summed E-state index contributed by atoms with van der Waals surface area (Å²) >= 11 is 0. The van der Waals surface area contributed by atoms with Crippen molar-refractivity contribution in [1.29, 1.82) is 0 Å². The molecule has 13 heavy (non-hydrogen) atoms. The van der Waals surface area contributed by atoms with Crippen molar-refractivity contribution in [3.63, 3.8) is 0 Å². The maximum Gasteiger partial charge on any atom is 0.0319 e. The molecule has 0 bridgehead atoms. The second-order valence-electron chi connectivity index (χ2n) is 3.39. The van der Waals surface area contributed by atoms with Crippen molar-refractivity contribution in [1.82, 2.24) is 5.32 Å². The average Bonchev–Trinajstić information content (AvgIpc) is 2.10. The van der Waals surface area contributed by atoms with Crippen molar-refractivity contribution in [3.8, 4) is 0 Å². The van der Waals surface area contributed by atoms with Crippen LogP contribution in [0.1, 0.15) is 28.6 Å². The number of rotatable bonds is 6. The van der Waals surface area contributed by atoms with Gasteiger partial charge in [0.15, 0.2) is 0 Å². The number of allylic oxidation sites excluding steroid dienone is 2. The second kappa shape index (κ2) is 6.67. The largest absolute Gasteiger partial charge is 0.308 e. The minimum Gasteiger partial charge on any atom is -0.308 e. The van der Waals surface area contributed by atoms with Crippen LogP contribution in [0.25, 0.3) is 0 Å². The van der Waals surface area contributed by atoms with Crippen LogP contribution >= 0.6 is 0 Å². The first-order valence-electron chi connectivity index (χ1n) is 4.86. The summed E-state index contributed by atoms with van der Waals surface area (Å²) in [6.45, 7) is 14.0. The standard InChI is InChI=1S/C12H21N.H2/c1-6-9-11(7-2)12(8-3)13-10(4)5;/h6-7,9-10,12-13H,1-2,8H2,3-5H3;1H/b11-9+;. The van der Waals surface area contributed by atoms with Crippen LogP contribution < -0.4 is 5.32 Å². The average molecular weight is 181 g/mol. The molecule has 1 nitrogen and oxygen atoms in total. The summed E-state index contributed by atoms with van der Waals surface area (Å²) in [5.74, 6) is 0. The molecule has 0 fully saturated rings. The molecule has 0 saturated carbocycles. The number of hydrogen-bond donors (Lipinski definition) is 1. The Bertz CT molecular complexity index is 194. The Morgan fingerprint density at radius 3 is 2.38 bits per heavy atom. The van der Waals surface area contributed by atoms with E-state index in [1.54, 1.807) is 0 Å². The zero-order chi connectivity index (χ0) is 10.3. The number of hydrogen-bond acceptors (Lipinski definition) is 1. The van der Waals surface area contributed by atoms with Crippen LogP contribution in [0, 0.1) is 0 Å². The highest BCUT2D eigenvalue weighted by Crippen LogP contribution is 2.08. The second-order valence-corrected chi connectivity index (χ2v) is 3.39. The van der Waals surface area contributed by atoms with Crippen LogP contribution in [0.2, 0.25) is 0 Å². The molecule has 0 spiro atoms. The van der Waals surface area contributed by atoms with Gasteiger partial charge in [0.05, 0.1) is 0 Å². The first kappa shape index (κ1) is 12.2. The van der Waals surface area contributed by atoms with E-state index in [1.807, 2.05) is 18.2 Å². The molecule has 0 rings (SSSR count). The molecule has 1 N–H and O–H groups in total. The highest BCUT2D eigenvalue weighted by molar-refractivity contribution is 5.26. The van der Waals surface area contributed by atoms with Crippen LogP contribution in [-0.2, 0) is 0 Å². The molecular weight excluding hydrogens is 158 g/mol. The fourth-order valence-corrected chi connectivity index (χ4v) is 1.31. The Labute approximate surface area is 83.7 Å². The molecule has 0 aromatic rings. The molecule has 0 aliphatic carbocycles. The number of nitrogens with one attached hydrogen (secondary N) is 1. The van der Waals surface area contributed by atoms with Crippen LogP contribution in [0.5, 0.6) is 0 Å². The monoisotopic (exact) mass is 181 g/mol. The molecule has 0 aromatic carbocycles. The van der Waals surface area contributed by atoms with Crippen molar-refractivity contribution < 1.29 is 1.43 Å². The maximum atomic E-state index is 3.80. The third kappa shape index (κ3) is 4.69. The Morgan fingerprint density at radius 2 is 2.08 bits per heavy atom. The quantitative estimate of drug-likeness (QED) is 0.620. The lowest BCUT2D eigenvalue weighted by Gasteiger charge is -2.20. The van der Waals surface area contributed by atoms with Crippen molar-refractivity contribution in [2.75, 3.05) is 0 Å². The summed E-state index contributed by atoms with van der Waals surface area (Å²) in [5.41, 5.74) is 1.21. The molecule has 0 aliphatic rings. The van der Waals surface area contributed by atoms with E-state index < -0.39 is 0 Å². The van der Waals surface area contributed by atoms with Crippen LogP contribution in [0.4, 0.5) is 0 Å². The lowest BCUT2D eigenvalue weighted by molar-refractivity contribution is 0.501. The summed E-state index contributed by atoms with van der Waals surface area (Å²) in [4.78, 5) is 0. The van der Waals surface area contributed by atoms with E-state index in [9.17, 15) is 0 Å². The molecule has 0 radical (unpaired) electrons. The van der Waals surface area contributed by atoms with Gasteiger partial charge < -0.3 is 5.32 Å². The minimum absolute atomic E-state index is 0. The van der Waals surface area contributed by atoms with Gasteiger partial charge in [0.2, 0.25) is 0 Å². The van der Waals surface area contributed by atoms with E-state index in [0.717, 1.165) is 6.42 Å². The van der Waals surface area contributed by atoms with Crippen molar-refractivity contribution >= 4 is 0 Å². The SMILES string of the molecule is C=C/C=C(\C=C)C(CC)NC(C)C.[HH]. The predicted octanol–water partition coefficient (Wildman–Crippen LogP) is 3.31. The molecule has 76 valence electrons. The normalized spacial score (nSPS) is 14.3. The summed E-state index contributed by atoms with van der Waals surface area (Å²) in [7, 11) is 0. The minimum atomic E-state index is 0. The van der Waals surface area contributed by atoms with Crippen molar-refractivity contribution in [2.45, 2.75) is 39.3 Å².